The van der Waals surface area contributed by atoms with Crippen molar-refractivity contribution in [2.75, 3.05) is 30.9 Å². The smallest absolute Gasteiger partial charge is 0.319 e. The Labute approximate surface area is 139 Å². The van der Waals surface area contributed by atoms with Crippen LogP contribution in [0.25, 0.3) is 0 Å². The van der Waals surface area contributed by atoms with Gasteiger partial charge in [-0.1, -0.05) is 0 Å². The number of carbonyl (C=O) groups excluding carboxylic acids is 4. The molecule has 24 heavy (non-hydrogen) atoms. The van der Waals surface area contributed by atoms with Gasteiger partial charge in [0.2, 0.25) is 17.7 Å². The minimum atomic E-state index is -0.511. The second-order valence-corrected chi connectivity index (χ2v) is 5.62. The average molecular weight is 332 g/mol. The zero-order valence-corrected chi connectivity index (χ0v) is 13.7. The van der Waals surface area contributed by atoms with Gasteiger partial charge in [0.25, 0.3) is 0 Å². The highest BCUT2D eigenvalue weighted by atomic mass is 16.2. The molecular formula is C16H20N4O4. The fraction of sp³-hybridized carbons (Fsp3) is 0.375. The maximum absolute atomic E-state index is 11.9. The molecule has 8 nitrogen and oxygen atoms in total. The molecule has 1 aliphatic heterocycles. The third-order valence-corrected chi connectivity index (χ3v) is 3.56. The number of carbonyl (C=O) groups is 4. The molecule has 1 fully saturated rings. The lowest BCUT2D eigenvalue weighted by Crippen LogP contribution is -2.40. The first-order chi connectivity index (χ1) is 11.4. The van der Waals surface area contributed by atoms with Crippen molar-refractivity contribution < 1.29 is 19.2 Å². The first-order valence-electron chi connectivity index (χ1n) is 7.59. The zero-order valence-electron chi connectivity index (χ0n) is 13.7. The summed E-state index contributed by atoms with van der Waals surface area (Å²) in [5, 5.41) is 5.02. The van der Waals surface area contributed by atoms with E-state index in [9.17, 15) is 19.2 Å². The first kappa shape index (κ1) is 17.5. The number of nitrogens with one attached hydrogen (secondary N) is 2. The van der Waals surface area contributed by atoms with Crippen LogP contribution in [0.5, 0.6) is 0 Å². The van der Waals surface area contributed by atoms with E-state index in [0.29, 0.717) is 30.6 Å². The molecule has 8 heteroatoms. The Balaban J connectivity index is 1.94. The van der Waals surface area contributed by atoms with Crippen molar-refractivity contribution >= 4 is 35.1 Å². The quantitative estimate of drug-likeness (QED) is 0.802. The Morgan fingerprint density at radius 2 is 1.67 bits per heavy atom. The lowest BCUT2D eigenvalue weighted by Gasteiger charge is -2.24. The minimum Gasteiger partial charge on any atom is -0.347 e. The molecule has 1 aromatic rings. The highest BCUT2D eigenvalue weighted by Crippen LogP contribution is 2.23. The van der Waals surface area contributed by atoms with Crippen LogP contribution >= 0.6 is 0 Å². The number of hydrogen-bond acceptors (Lipinski definition) is 4. The highest BCUT2D eigenvalue weighted by molar-refractivity contribution is 6.16. The van der Waals surface area contributed by atoms with Crippen LogP contribution in [0.1, 0.15) is 19.3 Å². The van der Waals surface area contributed by atoms with Crippen molar-refractivity contribution in [3.8, 4) is 0 Å². The van der Waals surface area contributed by atoms with E-state index in [1.807, 2.05) is 0 Å². The number of urea groups is 1. The first-order valence-corrected chi connectivity index (χ1v) is 7.59. The molecular weight excluding hydrogens is 312 g/mol. The van der Waals surface area contributed by atoms with Gasteiger partial charge in [-0.05, 0) is 30.7 Å². The number of rotatable bonds is 4. The van der Waals surface area contributed by atoms with Crippen LogP contribution < -0.4 is 15.5 Å². The molecule has 0 spiro atoms. The predicted octanol–water partition coefficient (Wildman–Crippen LogP) is 0.940. The summed E-state index contributed by atoms with van der Waals surface area (Å²) in [5.41, 5.74) is 0.976. The Morgan fingerprint density at radius 1 is 1.08 bits per heavy atom. The van der Waals surface area contributed by atoms with E-state index < -0.39 is 6.03 Å². The molecule has 0 aliphatic carbocycles. The Hall–Kier alpha value is -2.90. The van der Waals surface area contributed by atoms with E-state index in [1.165, 1.54) is 9.80 Å². The van der Waals surface area contributed by atoms with E-state index in [-0.39, 0.29) is 24.3 Å². The number of anilines is 2. The molecule has 5 amide bonds. The van der Waals surface area contributed by atoms with Crippen LogP contribution in [-0.4, -0.2) is 49.3 Å². The van der Waals surface area contributed by atoms with Gasteiger partial charge < -0.3 is 15.5 Å². The van der Waals surface area contributed by atoms with Crippen LogP contribution in [-0.2, 0) is 14.4 Å². The number of benzene rings is 1. The summed E-state index contributed by atoms with van der Waals surface area (Å²) in [6.07, 6.45) is 1.29. The van der Waals surface area contributed by atoms with Crippen molar-refractivity contribution in [1.82, 2.24) is 10.2 Å². The van der Waals surface area contributed by atoms with Gasteiger partial charge >= 0.3 is 6.03 Å². The van der Waals surface area contributed by atoms with Crippen molar-refractivity contribution in [2.24, 2.45) is 0 Å². The zero-order chi connectivity index (χ0) is 17.7. The Morgan fingerprint density at radius 3 is 2.21 bits per heavy atom. The average Bonchev–Trinajstić information content (AvgIpc) is 2.54. The fourth-order valence-corrected chi connectivity index (χ4v) is 2.22. The van der Waals surface area contributed by atoms with Gasteiger partial charge in [-0.15, -0.1) is 0 Å². The number of hydrogen-bond donors (Lipinski definition) is 2. The van der Waals surface area contributed by atoms with E-state index in [0.717, 1.165) is 0 Å². The van der Waals surface area contributed by atoms with Crippen LogP contribution in [0.4, 0.5) is 16.2 Å². The number of amides is 5. The van der Waals surface area contributed by atoms with Crippen molar-refractivity contribution in [3.05, 3.63) is 24.3 Å². The van der Waals surface area contributed by atoms with E-state index in [2.05, 4.69) is 10.6 Å². The van der Waals surface area contributed by atoms with Crippen LogP contribution in [0.15, 0.2) is 24.3 Å². The molecule has 128 valence electrons. The van der Waals surface area contributed by atoms with Crippen molar-refractivity contribution in [2.45, 2.75) is 19.3 Å². The topological polar surface area (TPSA) is 98.8 Å². The molecule has 0 unspecified atom stereocenters. The van der Waals surface area contributed by atoms with Crippen molar-refractivity contribution in [3.63, 3.8) is 0 Å². The Kier molecular flexibility index (Phi) is 5.51. The van der Waals surface area contributed by atoms with Gasteiger partial charge in [0.1, 0.15) is 0 Å². The minimum absolute atomic E-state index is 0.103. The molecule has 0 aromatic heterocycles. The molecule has 0 bridgehead atoms. The van der Waals surface area contributed by atoms with Gasteiger partial charge in [0.05, 0.1) is 12.2 Å². The summed E-state index contributed by atoms with van der Waals surface area (Å²) in [7, 11) is 3.20. The summed E-state index contributed by atoms with van der Waals surface area (Å²) in [5.74, 6) is -0.651. The maximum Gasteiger partial charge on any atom is 0.319 e. The molecule has 2 N–H and O–H groups in total. The summed E-state index contributed by atoms with van der Waals surface area (Å²) >= 11 is 0. The standard InChI is InChI=1S/C16H20N4O4/c1-19(2)15(23)10-17-16(24)18-11-6-8-12(9-7-11)20-13(21)4-3-5-14(20)22/h6-9H,3-5,10H2,1-2H3,(H2,17,18,24). The number of imide groups is 1. The summed E-state index contributed by atoms with van der Waals surface area (Å²) in [6.45, 7) is -0.103. The number of likely N-dealkylation sites (N-methyl/N-ethyl adjacent to an activating group) is 1. The fourth-order valence-electron chi connectivity index (χ4n) is 2.22. The monoisotopic (exact) mass is 332 g/mol. The molecule has 1 saturated heterocycles. The lowest BCUT2D eigenvalue weighted by molar-refractivity contribution is -0.129. The van der Waals surface area contributed by atoms with Gasteiger partial charge in [-0.2, -0.15) is 0 Å². The predicted molar refractivity (Wildman–Crippen MR) is 88.5 cm³/mol. The SMILES string of the molecule is CN(C)C(=O)CNC(=O)Nc1ccc(N2C(=O)CCCC2=O)cc1. The largest absolute Gasteiger partial charge is 0.347 e. The van der Waals surface area contributed by atoms with E-state index in [1.54, 1.807) is 38.4 Å². The highest BCUT2D eigenvalue weighted by Gasteiger charge is 2.27. The van der Waals surface area contributed by atoms with Gasteiger partial charge in [-0.3, -0.25) is 19.3 Å². The third kappa shape index (κ3) is 4.31. The van der Waals surface area contributed by atoms with Gasteiger partial charge in [0.15, 0.2) is 0 Å². The Bertz CT molecular complexity index is 639. The second kappa shape index (κ2) is 7.58. The molecule has 1 aromatic carbocycles. The maximum atomic E-state index is 11.9. The van der Waals surface area contributed by atoms with Crippen LogP contribution in [0, 0.1) is 0 Å². The van der Waals surface area contributed by atoms with Gasteiger partial charge in [0, 0.05) is 32.6 Å². The van der Waals surface area contributed by atoms with Crippen molar-refractivity contribution in [1.29, 1.82) is 0 Å². The molecule has 1 heterocycles. The summed E-state index contributed by atoms with van der Waals surface area (Å²) in [4.78, 5) is 49.4. The van der Waals surface area contributed by atoms with E-state index >= 15 is 0 Å². The molecule has 1 aliphatic rings. The van der Waals surface area contributed by atoms with Crippen LogP contribution in [0.3, 0.4) is 0 Å². The summed E-state index contributed by atoms with van der Waals surface area (Å²) in [6, 6.07) is 5.88. The molecule has 0 atom stereocenters. The summed E-state index contributed by atoms with van der Waals surface area (Å²) < 4.78 is 0. The lowest BCUT2D eigenvalue weighted by atomic mass is 10.1. The van der Waals surface area contributed by atoms with Gasteiger partial charge in [-0.25, -0.2) is 4.79 Å². The molecule has 0 saturated carbocycles. The second-order valence-electron chi connectivity index (χ2n) is 5.62. The molecule has 2 rings (SSSR count). The third-order valence-electron chi connectivity index (χ3n) is 3.56. The normalized spacial score (nSPS) is 14.3. The number of nitrogens with zero attached hydrogens (tertiary/aromatic N) is 2. The number of piperidine rings is 1. The van der Waals surface area contributed by atoms with E-state index in [4.69, 9.17) is 0 Å². The molecule has 0 radical (unpaired) electrons. The van der Waals surface area contributed by atoms with Crippen LogP contribution in [0.2, 0.25) is 0 Å².